The third kappa shape index (κ3) is 3.91. The maximum Gasteiger partial charge on any atom is 0.250 e. The maximum absolute atomic E-state index is 13.1. The molecule has 2 aromatic carbocycles. The van der Waals surface area contributed by atoms with E-state index >= 15 is 0 Å². The number of carboxylic acids is 1. The molecule has 7 nitrogen and oxygen atoms in total. The van der Waals surface area contributed by atoms with Gasteiger partial charge in [0.15, 0.2) is 0 Å². The van der Waals surface area contributed by atoms with Crippen molar-refractivity contribution >= 4 is 17.8 Å². The first-order valence-corrected chi connectivity index (χ1v) is 10.2. The third-order valence-electron chi connectivity index (χ3n) is 6.16. The molecule has 0 bridgehead atoms. The molecule has 160 valence electrons. The number of carboxylic acid groups (broad SMARTS) is 1. The minimum absolute atomic E-state index is 0.265. The number of ether oxygens (including phenoxy) is 1. The highest BCUT2D eigenvalue weighted by molar-refractivity contribution is 5.92. The standard InChI is InChI=1S/C24H24N2O5/c1-13-11-17(18(24(29)30)12-14(13)2)22(27)25-26-23(28)21-15-7-3-5-9-19(15)31-20-10-6-4-8-16(20)21/h3-10,17-18,21H,11-12H2,1-2H3,(H,25,27)(H,26,28)(H,29,30)/p-1/t17-,18+/m0/s1. The Kier molecular flexibility index (Phi) is 5.50. The number of benzene rings is 2. The van der Waals surface area contributed by atoms with Crippen molar-refractivity contribution in [3.63, 3.8) is 0 Å². The van der Waals surface area contributed by atoms with Crippen LogP contribution < -0.4 is 20.7 Å². The molecule has 1 aliphatic heterocycles. The van der Waals surface area contributed by atoms with Gasteiger partial charge in [-0.3, -0.25) is 20.4 Å². The lowest BCUT2D eigenvalue weighted by atomic mass is 9.76. The van der Waals surface area contributed by atoms with Crippen molar-refractivity contribution in [1.82, 2.24) is 10.9 Å². The van der Waals surface area contributed by atoms with E-state index in [0.29, 0.717) is 29.0 Å². The zero-order valence-corrected chi connectivity index (χ0v) is 17.3. The summed E-state index contributed by atoms with van der Waals surface area (Å²) in [6.07, 6.45) is 0.579. The molecular weight excluding hydrogens is 396 g/mol. The second kappa shape index (κ2) is 8.26. The van der Waals surface area contributed by atoms with Crippen LogP contribution in [0.25, 0.3) is 0 Å². The molecule has 0 saturated heterocycles. The molecule has 0 fully saturated rings. The van der Waals surface area contributed by atoms with Gasteiger partial charge in [0.2, 0.25) is 5.91 Å². The largest absolute Gasteiger partial charge is 0.550 e. The number of para-hydroxylation sites is 2. The fraction of sp³-hybridized carbons (Fsp3) is 0.292. The topological polar surface area (TPSA) is 108 Å². The summed E-state index contributed by atoms with van der Waals surface area (Å²) in [4.78, 5) is 37.5. The number of rotatable bonds is 3. The number of aliphatic carboxylic acids is 1. The van der Waals surface area contributed by atoms with Gasteiger partial charge in [-0.1, -0.05) is 47.5 Å². The van der Waals surface area contributed by atoms with Crippen molar-refractivity contribution in [2.45, 2.75) is 32.6 Å². The molecule has 31 heavy (non-hydrogen) atoms. The average Bonchev–Trinajstić information content (AvgIpc) is 2.76. The van der Waals surface area contributed by atoms with E-state index in [-0.39, 0.29) is 6.42 Å². The highest BCUT2D eigenvalue weighted by Gasteiger charge is 2.36. The lowest BCUT2D eigenvalue weighted by Gasteiger charge is -2.33. The Morgan fingerprint density at radius 1 is 0.806 bits per heavy atom. The minimum atomic E-state index is -1.26. The number of hydrazine groups is 1. The fourth-order valence-electron chi connectivity index (χ4n) is 4.30. The van der Waals surface area contributed by atoms with Crippen molar-refractivity contribution in [2.75, 3.05) is 0 Å². The van der Waals surface area contributed by atoms with Crippen molar-refractivity contribution in [1.29, 1.82) is 0 Å². The number of amides is 2. The van der Waals surface area contributed by atoms with Gasteiger partial charge >= 0.3 is 0 Å². The smallest absolute Gasteiger partial charge is 0.250 e. The molecule has 0 spiro atoms. The fourth-order valence-corrected chi connectivity index (χ4v) is 4.30. The van der Waals surface area contributed by atoms with Crippen LogP contribution in [0.1, 0.15) is 43.7 Å². The molecule has 7 heteroatoms. The zero-order valence-electron chi connectivity index (χ0n) is 17.3. The summed E-state index contributed by atoms with van der Waals surface area (Å²) in [7, 11) is 0. The summed E-state index contributed by atoms with van der Waals surface area (Å²) < 4.78 is 5.90. The highest BCUT2D eigenvalue weighted by Crippen LogP contribution is 2.43. The Morgan fingerprint density at radius 3 is 1.84 bits per heavy atom. The summed E-state index contributed by atoms with van der Waals surface area (Å²) >= 11 is 0. The predicted molar refractivity (Wildman–Crippen MR) is 111 cm³/mol. The molecule has 2 aliphatic rings. The Labute approximate surface area is 180 Å². The molecule has 1 heterocycles. The van der Waals surface area contributed by atoms with Crippen molar-refractivity contribution < 1.29 is 24.2 Å². The van der Waals surface area contributed by atoms with Crippen LogP contribution in [0.2, 0.25) is 0 Å². The van der Waals surface area contributed by atoms with E-state index in [4.69, 9.17) is 4.74 Å². The van der Waals surface area contributed by atoms with E-state index in [1.54, 1.807) is 12.1 Å². The molecule has 0 aromatic heterocycles. The predicted octanol–water partition coefficient (Wildman–Crippen LogP) is 2.18. The second-order valence-electron chi connectivity index (χ2n) is 8.09. The quantitative estimate of drug-likeness (QED) is 0.586. The third-order valence-corrected chi connectivity index (χ3v) is 6.16. The molecule has 0 radical (unpaired) electrons. The van der Waals surface area contributed by atoms with Crippen LogP contribution in [-0.4, -0.2) is 17.8 Å². The number of fused-ring (bicyclic) bond motifs is 2. The monoisotopic (exact) mass is 419 g/mol. The number of hydrogen-bond acceptors (Lipinski definition) is 5. The number of nitrogens with one attached hydrogen (secondary N) is 2. The average molecular weight is 419 g/mol. The Hall–Kier alpha value is -3.61. The normalized spacial score (nSPS) is 20.2. The first-order valence-electron chi connectivity index (χ1n) is 10.2. The SMILES string of the molecule is CC1=C(C)C[C@@H](C(=O)[O-])[C@@H](C(=O)NNC(=O)C2c3ccccc3Oc3ccccc32)C1. The summed E-state index contributed by atoms with van der Waals surface area (Å²) in [5, 5.41) is 11.6. The summed E-state index contributed by atoms with van der Waals surface area (Å²) in [5.74, 6) is -3.47. The van der Waals surface area contributed by atoms with Gasteiger partial charge in [0.25, 0.3) is 5.91 Å². The minimum Gasteiger partial charge on any atom is -0.550 e. The van der Waals surface area contributed by atoms with Gasteiger partial charge in [-0.2, -0.15) is 0 Å². The zero-order chi connectivity index (χ0) is 22.1. The van der Waals surface area contributed by atoms with Crippen molar-refractivity contribution in [3.8, 4) is 11.5 Å². The Balaban J connectivity index is 1.53. The summed E-state index contributed by atoms with van der Waals surface area (Å²) in [6, 6.07) is 14.5. The van der Waals surface area contributed by atoms with E-state index < -0.39 is 35.5 Å². The van der Waals surface area contributed by atoms with Gasteiger partial charge in [-0.05, 0) is 38.8 Å². The van der Waals surface area contributed by atoms with Crippen LogP contribution in [0, 0.1) is 11.8 Å². The molecule has 0 saturated carbocycles. The lowest BCUT2D eigenvalue weighted by molar-refractivity contribution is -0.313. The van der Waals surface area contributed by atoms with Gasteiger partial charge in [-0.25, -0.2) is 0 Å². The van der Waals surface area contributed by atoms with Gasteiger partial charge in [0.05, 0.1) is 11.8 Å². The van der Waals surface area contributed by atoms with Gasteiger partial charge in [0, 0.05) is 23.0 Å². The first kappa shape index (κ1) is 20.7. The second-order valence-corrected chi connectivity index (χ2v) is 8.09. The highest BCUT2D eigenvalue weighted by atomic mass is 16.5. The number of carbonyl (C=O) groups excluding carboxylic acids is 3. The Morgan fingerprint density at radius 2 is 1.29 bits per heavy atom. The summed E-state index contributed by atoms with van der Waals surface area (Å²) in [5.41, 5.74) is 8.25. The van der Waals surface area contributed by atoms with Gasteiger partial charge in [-0.15, -0.1) is 0 Å². The molecule has 1 aliphatic carbocycles. The van der Waals surface area contributed by atoms with E-state index in [2.05, 4.69) is 10.9 Å². The van der Waals surface area contributed by atoms with Crippen LogP contribution in [0.15, 0.2) is 59.7 Å². The van der Waals surface area contributed by atoms with Gasteiger partial charge < -0.3 is 14.6 Å². The van der Waals surface area contributed by atoms with E-state index in [9.17, 15) is 19.5 Å². The van der Waals surface area contributed by atoms with E-state index in [1.807, 2.05) is 50.2 Å². The molecule has 2 atom stereocenters. The maximum atomic E-state index is 13.1. The van der Waals surface area contributed by atoms with Crippen LogP contribution in [-0.2, 0) is 14.4 Å². The molecular formula is C24H23N2O5-. The number of hydrogen-bond donors (Lipinski definition) is 2. The molecule has 2 aromatic rings. The first-order chi connectivity index (χ1) is 14.9. The van der Waals surface area contributed by atoms with Crippen LogP contribution in [0.3, 0.4) is 0 Å². The molecule has 2 N–H and O–H groups in total. The Bertz CT molecular complexity index is 1050. The molecule has 2 amide bonds. The van der Waals surface area contributed by atoms with Crippen LogP contribution in [0.4, 0.5) is 0 Å². The van der Waals surface area contributed by atoms with Gasteiger partial charge in [0.1, 0.15) is 11.5 Å². The van der Waals surface area contributed by atoms with Crippen LogP contribution in [0.5, 0.6) is 11.5 Å². The van der Waals surface area contributed by atoms with Crippen molar-refractivity contribution in [2.24, 2.45) is 11.8 Å². The van der Waals surface area contributed by atoms with Crippen LogP contribution >= 0.6 is 0 Å². The van der Waals surface area contributed by atoms with E-state index in [0.717, 1.165) is 11.1 Å². The number of carbonyl (C=O) groups is 3. The van der Waals surface area contributed by atoms with E-state index in [1.165, 1.54) is 0 Å². The summed E-state index contributed by atoms with van der Waals surface area (Å²) in [6.45, 7) is 3.75. The molecule has 0 unspecified atom stereocenters. The molecule has 4 rings (SSSR count). The van der Waals surface area contributed by atoms with Crippen molar-refractivity contribution in [3.05, 3.63) is 70.8 Å². The lowest BCUT2D eigenvalue weighted by Crippen LogP contribution is -2.51. The number of allylic oxidation sites excluding steroid dienone is 2.